The van der Waals surface area contributed by atoms with E-state index < -0.39 is 17.9 Å². The molecule has 0 bridgehead atoms. The Morgan fingerprint density at radius 1 is 1.40 bits per heavy atom. The van der Waals surface area contributed by atoms with Crippen molar-refractivity contribution < 1.29 is 19.4 Å². The molecule has 0 saturated carbocycles. The zero-order valence-electron chi connectivity index (χ0n) is 11.4. The first kappa shape index (κ1) is 16.3. The average Bonchev–Trinajstić information content (AvgIpc) is 2.35. The zero-order valence-corrected chi connectivity index (χ0v) is 12.2. The number of hydrogen-bond donors (Lipinski definition) is 2. The highest BCUT2D eigenvalue weighted by Crippen LogP contribution is 2.16. The minimum absolute atomic E-state index is 0.172. The highest BCUT2D eigenvalue weighted by atomic mass is 35.5. The summed E-state index contributed by atoms with van der Waals surface area (Å²) in [5.74, 6) is -0.888. The van der Waals surface area contributed by atoms with Crippen LogP contribution in [0.2, 0.25) is 5.02 Å². The van der Waals surface area contributed by atoms with Crippen LogP contribution in [0.15, 0.2) is 24.3 Å². The predicted molar refractivity (Wildman–Crippen MR) is 76.0 cm³/mol. The van der Waals surface area contributed by atoms with E-state index in [1.807, 2.05) is 13.8 Å². The van der Waals surface area contributed by atoms with Crippen molar-refractivity contribution in [3.05, 3.63) is 29.3 Å². The van der Waals surface area contributed by atoms with Crippen LogP contribution in [0.5, 0.6) is 5.75 Å². The first-order chi connectivity index (χ1) is 9.38. The maximum atomic E-state index is 11.7. The molecule has 0 spiro atoms. The van der Waals surface area contributed by atoms with Gasteiger partial charge in [-0.15, -0.1) is 0 Å². The molecule has 0 aromatic heterocycles. The lowest BCUT2D eigenvalue weighted by atomic mass is 10.0. The molecule has 0 fully saturated rings. The minimum Gasteiger partial charge on any atom is -0.484 e. The van der Waals surface area contributed by atoms with Crippen LogP contribution in [0.1, 0.15) is 20.3 Å². The van der Waals surface area contributed by atoms with Gasteiger partial charge >= 0.3 is 5.97 Å². The summed E-state index contributed by atoms with van der Waals surface area (Å²) in [5, 5.41) is 12.0. The van der Waals surface area contributed by atoms with Crippen molar-refractivity contribution >= 4 is 23.5 Å². The molecule has 0 heterocycles. The van der Waals surface area contributed by atoms with Gasteiger partial charge in [0.2, 0.25) is 0 Å². The average molecular weight is 300 g/mol. The number of rotatable bonds is 7. The van der Waals surface area contributed by atoms with Gasteiger partial charge in [0, 0.05) is 5.02 Å². The Bertz CT molecular complexity index is 476. The monoisotopic (exact) mass is 299 g/mol. The molecule has 0 unspecified atom stereocenters. The Labute approximate surface area is 122 Å². The molecule has 20 heavy (non-hydrogen) atoms. The molecule has 6 heteroatoms. The van der Waals surface area contributed by atoms with Gasteiger partial charge in [0.15, 0.2) is 6.61 Å². The molecule has 0 aliphatic carbocycles. The summed E-state index contributed by atoms with van der Waals surface area (Å²) >= 11 is 5.79. The molecule has 1 amide bonds. The van der Waals surface area contributed by atoms with Gasteiger partial charge in [-0.3, -0.25) is 4.79 Å². The molecule has 1 aromatic carbocycles. The molecule has 110 valence electrons. The number of nitrogens with one attached hydrogen (secondary N) is 1. The Kier molecular flexibility index (Phi) is 6.31. The molecular formula is C14H18ClNO4. The summed E-state index contributed by atoms with van der Waals surface area (Å²) in [6, 6.07) is 5.75. The number of halogens is 1. The second-order valence-corrected chi connectivity index (χ2v) is 5.27. The van der Waals surface area contributed by atoms with Crippen molar-refractivity contribution in [3.63, 3.8) is 0 Å². The third-order valence-electron chi connectivity index (χ3n) is 2.51. The normalized spacial score (nSPS) is 12.0. The Balaban J connectivity index is 2.47. The van der Waals surface area contributed by atoms with Gasteiger partial charge in [-0.1, -0.05) is 31.5 Å². The van der Waals surface area contributed by atoms with Crippen LogP contribution in [-0.2, 0) is 9.59 Å². The lowest BCUT2D eigenvalue weighted by Gasteiger charge is -2.16. The standard InChI is InChI=1S/C14H18ClNO4/c1-9(2)6-12(14(18)19)16-13(17)8-20-11-5-3-4-10(15)7-11/h3-5,7,9,12H,6,8H2,1-2H3,(H,16,17)(H,18,19)/t12-/m0/s1. The summed E-state index contributed by atoms with van der Waals surface area (Å²) in [6.07, 6.45) is 0.373. The molecule has 0 aliphatic rings. The van der Waals surface area contributed by atoms with Crippen LogP contribution in [0, 0.1) is 5.92 Å². The second kappa shape index (κ2) is 7.75. The van der Waals surface area contributed by atoms with Crippen molar-refractivity contribution in [1.29, 1.82) is 0 Å². The number of aliphatic carboxylic acids is 1. The van der Waals surface area contributed by atoms with E-state index in [2.05, 4.69) is 5.32 Å². The van der Waals surface area contributed by atoms with Crippen LogP contribution >= 0.6 is 11.6 Å². The molecule has 1 atom stereocenters. The number of carboxylic acids is 1. The molecule has 1 rings (SSSR count). The minimum atomic E-state index is -1.05. The van der Waals surface area contributed by atoms with E-state index in [-0.39, 0.29) is 12.5 Å². The van der Waals surface area contributed by atoms with Gasteiger partial charge in [-0.05, 0) is 30.5 Å². The summed E-state index contributed by atoms with van der Waals surface area (Å²) in [7, 11) is 0. The number of carbonyl (C=O) groups excluding carboxylic acids is 1. The molecular weight excluding hydrogens is 282 g/mol. The third-order valence-corrected chi connectivity index (χ3v) is 2.74. The van der Waals surface area contributed by atoms with E-state index in [1.54, 1.807) is 24.3 Å². The molecule has 1 aromatic rings. The summed E-state index contributed by atoms with van der Waals surface area (Å²) in [6.45, 7) is 3.54. The van der Waals surface area contributed by atoms with Crippen LogP contribution < -0.4 is 10.1 Å². The smallest absolute Gasteiger partial charge is 0.326 e. The lowest BCUT2D eigenvalue weighted by Crippen LogP contribution is -2.43. The molecule has 2 N–H and O–H groups in total. The molecule has 0 saturated heterocycles. The van der Waals surface area contributed by atoms with Gasteiger partial charge in [0.25, 0.3) is 5.91 Å². The van der Waals surface area contributed by atoms with Gasteiger partial charge in [0.05, 0.1) is 0 Å². The Hall–Kier alpha value is -1.75. The van der Waals surface area contributed by atoms with Crippen molar-refractivity contribution in [2.24, 2.45) is 5.92 Å². The predicted octanol–water partition coefficient (Wildman–Crippen LogP) is 2.33. The van der Waals surface area contributed by atoms with E-state index >= 15 is 0 Å². The summed E-state index contributed by atoms with van der Waals surface area (Å²) < 4.78 is 5.24. The second-order valence-electron chi connectivity index (χ2n) is 4.83. The SMILES string of the molecule is CC(C)C[C@H](NC(=O)COc1cccc(Cl)c1)C(=O)O. The van der Waals surface area contributed by atoms with Crippen LogP contribution in [0.3, 0.4) is 0 Å². The Morgan fingerprint density at radius 2 is 2.10 bits per heavy atom. The van der Waals surface area contributed by atoms with Crippen molar-refractivity contribution in [3.8, 4) is 5.75 Å². The summed E-state index contributed by atoms with van der Waals surface area (Å²) in [5.41, 5.74) is 0. The largest absolute Gasteiger partial charge is 0.484 e. The van der Waals surface area contributed by atoms with Crippen molar-refractivity contribution in [2.75, 3.05) is 6.61 Å². The van der Waals surface area contributed by atoms with E-state index in [0.29, 0.717) is 17.2 Å². The van der Waals surface area contributed by atoms with Gasteiger partial charge in [-0.2, -0.15) is 0 Å². The number of amides is 1. The highest BCUT2D eigenvalue weighted by molar-refractivity contribution is 6.30. The number of carboxylic acid groups (broad SMARTS) is 1. The number of ether oxygens (including phenoxy) is 1. The fourth-order valence-corrected chi connectivity index (χ4v) is 1.81. The molecule has 5 nitrogen and oxygen atoms in total. The van der Waals surface area contributed by atoms with Gasteiger partial charge in [0.1, 0.15) is 11.8 Å². The molecule has 0 radical (unpaired) electrons. The van der Waals surface area contributed by atoms with Crippen LogP contribution in [0.4, 0.5) is 0 Å². The van der Waals surface area contributed by atoms with E-state index in [4.69, 9.17) is 21.4 Å². The van der Waals surface area contributed by atoms with E-state index in [0.717, 1.165) is 0 Å². The fourth-order valence-electron chi connectivity index (χ4n) is 1.63. The fraction of sp³-hybridized carbons (Fsp3) is 0.429. The number of hydrogen-bond acceptors (Lipinski definition) is 3. The number of benzene rings is 1. The van der Waals surface area contributed by atoms with Crippen LogP contribution in [0.25, 0.3) is 0 Å². The maximum Gasteiger partial charge on any atom is 0.326 e. The van der Waals surface area contributed by atoms with Crippen LogP contribution in [-0.4, -0.2) is 29.6 Å². The lowest BCUT2D eigenvalue weighted by molar-refractivity contribution is -0.142. The van der Waals surface area contributed by atoms with Crippen molar-refractivity contribution in [1.82, 2.24) is 5.32 Å². The third kappa shape index (κ3) is 5.93. The Morgan fingerprint density at radius 3 is 2.65 bits per heavy atom. The highest BCUT2D eigenvalue weighted by Gasteiger charge is 2.21. The summed E-state index contributed by atoms with van der Waals surface area (Å²) in [4.78, 5) is 22.7. The topological polar surface area (TPSA) is 75.6 Å². The van der Waals surface area contributed by atoms with E-state index in [1.165, 1.54) is 0 Å². The zero-order chi connectivity index (χ0) is 15.1. The molecule has 0 aliphatic heterocycles. The maximum absolute atomic E-state index is 11.7. The van der Waals surface area contributed by atoms with E-state index in [9.17, 15) is 9.59 Å². The van der Waals surface area contributed by atoms with Gasteiger partial charge < -0.3 is 15.2 Å². The quantitative estimate of drug-likeness (QED) is 0.810. The first-order valence-electron chi connectivity index (χ1n) is 6.29. The van der Waals surface area contributed by atoms with Crippen molar-refractivity contribution in [2.45, 2.75) is 26.3 Å². The number of carbonyl (C=O) groups is 2. The first-order valence-corrected chi connectivity index (χ1v) is 6.67. The van der Waals surface area contributed by atoms with Gasteiger partial charge in [-0.25, -0.2) is 4.79 Å².